The molecule has 0 radical (unpaired) electrons. The van der Waals surface area contributed by atoms with Crippen molar-refractivity contribution >= 4 is 40.7 Å². The molecule has 9 heteroatoms. The van der Waals surface area contributed by atoms with Crippen LogP contribution in [0.3, 0.4) is 0 Å². The lowest BCUT2D eigenvalue weighted by Crippen LogP contribution is -2.14. The Labute approximate surface area is 220 Å². The molecule has 0 aliphatic carbocycles. The van der Waals surface area contributed by atoms with Crippen LogP contribution in [0.2, 0.25) is 5.02 Å². The van der Waals surface area contributed by atoms with Crippen LogP contribution in [-0.2, 0) is 19.9 Å². The minimum atomic E-state index is -0.493. The largest absolute Gasteiger partial charge is 0.366 e. The van der Waals surface area contributed by atoms with E-state index in [1.807, 2.05) is 36.7 Å². The summed E-state index contributed by atoms with van der Waals surface area (Å²) in [7, 11) is 1.84. The number of para-hydroxylation sites is 1. The third kappa shape index (κ3) is 5.49. The Morgan fingerprint density at radius 2 is 1.76 bits per heavy atom. The molecule has 37 heavy (non-hydrogen) atoms. The molecule has 190 valence electrons. The number of carbonyl (C=O) groups excluding carboxylic acids is 2. The maximum absolute atomic E-state index is 13.2. The van der Waals surface area contributed by atoms with Gasteiger partial charge >= 0.3 is 0 Å². The van der Waals surface area contributed by atoms with Crippen molar-refractivity contribution in [2.75, 3.05) is 10.6 Å². The van der Waals surface area contributed by atoms with Gasteiger partial charge in [0, 0.05) is 30.2 Å². The van der Waals surface area contributed by atoms with Crippen molar-refractivity contribution in [2.24, 2.45) is 12.8 Å². The Kier molecular flexibility index (Phi) is 7.59. The molecule has 0 aliphatic heterocycles. The molecule has 4 rings (SSSR count). The summed E-state index contributed by atoms with van der Waals surface area (Å²) < 4.78 is 1.81. The quantitative estimate of drug-likeness (QED) is 0.279. The molecule has 0 aliphatic rings. The van der Waals surface area contributed by atoms with E-state index in [2.05, 4.69) is 34.4 Å². The predicted molar refractivity (Wildman–Crippen MR) is 148 cm³/mol. The SMILES string of the molecule is CCc1cccc(CC)c1NC(=O)c1cc(-c2nc(Nc3ccc(C(N)=O)cc3C)ncc2Cl)n(C)c1. The first-order valence-electron chi connectivity index (χ1n) is 12.0. The Bertz CT molecular complexity index is 1470. The highest BCUT2D eigenvalue weighted by atomic mass is 35.5. The van der Waals surface area contributed by atoms with E-state index >= 15 is 0 Å². The number of rotatable bonds is 8. The molecule has 0 spiro atoms. The lowest BCUT2D eigenvalue weighted by atomic mass is 10.0. The molecule has 4 N–H and O–H groups in total. The van der Waals surface area contributed by atoms with Gasteiger partial charge in [0.05, 0.1) is 22.5 Å². The Hall–Kier alpha value is -4.17. The maximum Gasteiger partial charge on any atom is 0.257 e. The predicted octanol–water partition coefficient (Wildman–Crippen LogP) is 5.66. The van der Waals surface area contributed by atoms with Gasteiger partial charge < -0.3 is 20.9 Å². The van der Waals surface area contributed by atoms with Gasteiger partial charge in [-0.15, -0.1) is 0 Å². The maximum atomic E-state index is 13.2. The number of anilines is 3. The summed E-state index contributed by atoms with van der Waals surface area (Å²) in [5.41, 5.74) is 12.0. The van der Waals surface area contributed by atoms with Crippen molar-refractivity contribution in [3.05, 3.63) is 87.7 Å². The lowest BCUT2D eigenvalue weighted by Gasteiger charge is -2.13. The average molecular weight is 517 g/mol. The lowest BCUT2D eigenvalue weighted by molar-refractivity contribution is 0.0997. The van der Waals surface area contributed by atoms with Crippen molar-refractivity contribution in [1.29, 1.82) is 0 Å². The zero-order valence-corrected chi connectivity index (χ0v) is 22.0. The van der Waals surface area contributed by atoms with E-state index in [0.717, 1.165) is 40.9 Å². The van der Waals surface area contributed by atoms with Gasteiger partial charge in [-0.05, 0) is 60.7 Å². The summed E-state index contributed by atoms with van der Waals surface area (Å²) in [6.07, 6.45) is 4.90. The van der Waals surface area contributed by atoms with Crippen molar-refractivity contribution in [1.82, 2.24) is 14.5 Å². The number of nitrogens with zero attached hydrogens (tertiary/aromatic N) is 3. The van der Waals surface area contributed by atoms with E-state index in [-0.39, 0.29) is 5.91 Å². The molecule has 2 aromatic carbocycles. The number of hydrogen-bond donors (Lipinski definition) is 3. The number of amides is 2. The molecule has 2 aromatic heterocycles. The van der Waals surface area contributed by atoms with Crippen LogP contribution in [0.5, 0.6) is 0 Å². The molecule has 0 bridgehead atoms. The van der Waals surface area contributed by atoms with Crippen LogP contribution in [0.1, 0.15) is 51.3 Å². The highest BCUT2D eigenvalue weighted by molar-refractivity contribution is 6.32. The van der Waals surface area contributed by atoms with Crippen LogP contribution < -0.4 is 16.4 Å². The molecule has 2 amide bonds. The molecular weight excluding hydrogens is 488 g/mol. The number of nitrogens with one attached hydrogen (secondary N) is 2. The summed E-state index contributed by atoms with van der Waals surface area (Å²) >= 11 is 6.47. The van der Waals surface area contributed by atoms with Gasteiger partial charge in [-0.25, -0.2) is 9.97 Å². The molecule has 0 fully saturated rings. The van der Waals surface area contributed by atoms with Crippen molar-refractivity contribution in [2.45, 2.75) is 33.6 Å². The van der Waals surface area contributed by atoms with Crippen LogP contribution in [0, 0.1) is 6.92 Å². The first kappa shape index (κ1) is 25.9. The second-order valence-electron chi connectivity index (χ2n) is 8.75. The van der Waals surface area contributed by atoms with E-state index in [0.29, 0.717) is 33.5 Å². The van der Waals surface area contributed by atoms with Gasteiger partial charge in [0.15, 0.2) is 0 Å². The fraction of sp³-hybridized carbons (Fsp3) is 0.214. The topological polar surface area (TPSA) is 115 Å². The summed E-state index contributed by atoms with van der Waals surface area (Å²) in [6, 6.07) is 12.9. The third-order valence-electron chi connectivity index (χ3n) is 6.25. The van der Waals surface area contributed by atoms with Gasteiger partial charge in [0.2, 0.25) is 11.9 Å². The minimum absolute atomic E-state index is 0.203. The normalized spacial score (nSPS) is 10.8. The average Bonchev–Trinajstić information content (AvgIpc) is 3.27. The van der Waals surface area contributed by atoms with E-state index < -0.39 is 5.91 Å². The number of nitrogens with two attached hydrogens (primary N) is 1. The summed E-state index contributed by atoms with van der Waals surface area (Å²) in [5, 5.41) is 6.62. The van der Waals surface area contributed by atoms with E-state index in [1.165, 1.54) is 6.20 Å². The Morgan fingerprint density at radius 3 is 2.38 bits per heavy atom. The van der Waals surface area contributed by atoms with E-state index in [9.17, 15) is 9.59 Å². The number of carbonyl (C=O) groups is 2. The highest BCUT2D eigenvalue weighted by Gasteiger charge is 2.18. The zero-order chi connectivity index (χ0) is 26.7. The number of aromatic nitrogens is 3. The Morgan fingerprint density at radius 1 is 1.05 bits per heavy atom. The van der Waals surface area contributed by atoms with Gasteiger partial charge in [0.1, 0.15) is 5.69 Å². The molecule has 8 nitrogen and oxygen atoms in total. The van der Waals surface area contributed by atoms with Gasteiger partial charge in [0.25, 0.3) is 5.91 Å². The molecule has 4 aromatic rings. The fourth-order valence-electron chi connectivity index (χ4n) is 4.20. The summed E-state index contributed by atoms with van der Waals surface area (Å²) in [6.45, 7) is 6.00. The smallest absolute Gasteiger partial charge is 0.257 e. The van der Waals surface area contributed by atoms with Crippen molar-refractivity contribution < 1.29 is 9.59 Å². The number of aryl methyl sites for hydroxylation is 4. The third-order valence-corrected chi connectivity index (χ3v) is 6.53. The van der Waals surface area contributed by atoms with Gasteiger partial charge in [-0.1, -0.05) is 43.6 Å². The number of benzene rings is 2. The van der Waals surface area contributed by atoms with Crippen LogP contribution in [0.15, 0.2) is 54.9 Å². The zero-order valence-electron chi connectivity index (χ0n) is 21.2. The van der Waals surface area contributed by atoms with Crippen LogP contribution in [-0.4, -0.2) is 26.3 Å². The fourth-order valence-corrected chi connectivity index (χ4v) is 4.39. The minimum Gasteiger partial charge on any atom is -0.366 e. The molecular formula is C28H29ClN6O2. The molecule has 0 unspecified atom stereocenters. The van der Waals surface area contributed by atoms with Crippen LogP contribution >= 0.6 is 11.6 Å². The summed E-state index contributed by atoms with van der Waals surface area (Å²) in [5.74, 6) is -0.371. The Balaban J connectivity index is 1.62. The standard InChI is InChI=1S/C28H29ClN6O2/c1-5-17-8-7-9-18(6-2)24(17)33-27(37)20-13-23(35(4)15-20)25-21(29)14-31-28(34-25)32-22-11-10-19(26(30)36)12-16(22)3/h7-15H,5-6H2,1-4H3,(H2,30,36)(H,33,37)(H,31,32,34). The highest BCUT2D eigenvalue weighted by Crippen LogP contribution is 2.30. The van der Waals surface area contributed by atoms with Crippen molar-refractivity contribution in [3.8, 4) is 11.4 Å². The van der Waals surface area contributed by atoms with Gasteiger partial charge in [-0.3, -0.25) is 9.59 Å². The van der Waals surface area contributed by atoms with E-state index in [1.54, 1.807) is 30.5 Å². The van der Waals surface area contributed by atoms with Gasteiger partial charge in [-0.2, -0.15) is 0 Å². The molecule has 0 atom stereocenters. The molecule has 2 heterocycles. The molecule has 0 saturated heterocycles. The van der Waals surface area contributed by atoms with Crippen LogP contribution in [0.25, 0.3) is 11.4 Å². The van der Waals surface area contributed by atoms with Crippen LogP contribution in [0.4, 0.5) is 17.3 Å². The van der Waals surface area contributed by atoms with Crippen molar-refractivity contribution in [3.63, 3.8) is 0 Å². The number of primary amides is 1. The second kappa shape index (κ2) is 10.8. The summed E-state index contributed by atoms with van der Waals surface area (Å²) in [4.78, 5) is 33.6. The monoisotopic (exact) mass is 516 g/mol. The molecule has 0 saturated carbocycles. The number of halogens is 1. The second-order valence-corrected chi connectivity index (χ2v) is 9.15. The van der Waals surface area contributed by atoms with E-state index in [4.69, 9.17) is 17.3 Å². The number of hydrogen-bond acceptors (Lipinski definition) is 5. The first-order valence-corrected chi connectivity index (χ1v) is 12.4. The first-order chi connectivity index (χ1) is 17.7.